The van der Waals surface area contributed by atoms with Crippen molar-refractivity contribution in [2.45, 2.75) is 13.8 Å². The lowest BCUT2D eigenvalue weighted by molar-refractivity contribution is 1.03. The maximum atomic E-state index is 11.2. The Kier molecular flexibility index (Phi) is 2.37. The lowest BCUT2D eigenvalue weighted by Crippen LogP contribution is -2.11. The maximum absolute atomic E-state index is 11.2. The summed E-state index contributed by atoms with van der Waals surface area (Å²) >= 11 is 0. The highest BCUT2D eigenvalue weighted by atomic mass is 16.1. The molecule has 0 bridgehead atoms. The van der Waals surface area contributed by atoms with Crippen molar-refractivity contribution in [2.24, 2.45) is 0 Å². The van der Waals surface area contributed by atoms with Gasteiger partial charge in [-0.15, -0.1) is 0 Å². The third kappa shape index (κ3) is 2.13. The number of hydrogen-bond acceptors (Lipinski definition) is 2. The summed E-state index contributed by atoms with van der Waals surface area (Å²) in [5.41, 5.74) is 3.41. The van der Waals surface area contributed by atoms with Gasteiger partial charge in [0.2, 0.25) is 0 Å². The summed E-state index contributed by atoms with van der Waals surface area (Å²) in [6.45, 7) is 3.88. The van der Waals surface area contributed by atoms with Crippen LogP contribution >= 0.6 is 0 Å². The second-order valence-electron chi connectivity index (χ2n) is 3.62. The Hall–Kier alpha value is -1.90. The molecule has 1 N–H and O–H groups in total. The predicted molar refractivity (Wildman–Crippen MR) is 59.8 cm³/mol. The van der Waals surface area contributed by atoms with E-state index in [1.807, 2.05) is 44.2 Å². The van der Waals surface area contributed by atoms with Crippen LogP contribution in [0.1, 0.15) is 11.3 Å². The molecule has 0 atom stereocenters. The monoisotopic (exact) mass is 200 g/mol. The molecule has 2 rings (SSSR count). The van der Waals surface area contributed by atoms with Crippen molar-refractivity contribution in [1.29, 1.82) is 0 Å². The minimum absolute atomic E-state index is 0.300. The van der Waals surface area contributed by atoms with Gasteiger partial charge in [0.05, 0.1) is 5.69 Å². The smallest absolute Gasteiger partial charge is 0.310 e. The van der Waals surface area contributed by atoms with Crippen LogP contribution in [0, 0.1) is 13.8 Å². The molecule has 2 aromatic rings. The fourth-order valence-electron chi connectivity index (χ4n) is 1.45. The van der Waals surface area contributed by atoms with Crippen LogP contribution in [0.2, 0.25) is 0 Å². The van der Waals surface area contributed by atoms with E-state index in [0.717, 1.165) is 17.0 Å². The van der Waals surface area contributed by atoms with E-state index in [-0.39, 0.29) is 5.69 Å². The number of aromatic nitrogens is 2. The van der Waals surface area contributed by atoms with Crippen LogP contribution in [-0.4, -0.2) is 9.97 Å². The zero-order valence-electron chi connectivity index (χ0n) is 8.74. The zero-order valence-corrected chi connectivity index (χ0v) is 8.74. The lowest BCUT2D eigenvalue weighted by Gasteiger charge is -2.01. The number of nitrogens with zero attached hydrogens (tertiary/aromatic N) is 1. The van der Waals surface area contributed by atoms with E-state index in [1.165, 1.54) is 5.56 Å². The second kappa shape index (κ2) is 3.69. The second-order valence-corrected chi connectivity index (χ2v) is 3.62. The Labute approximate surface area is 87.8 Å². The van der Waals surface area contributed by atoms with Gasteiger partial charge >= 0.3 is 5.69 Å². The maximum Gasteiger partial charge on any atom is 0.345 e. The molecule has 0 aliphatic carbocycles. The van der Waals surface area contributed by atoms with Crippen molar-refractivity contribution in [3.8, 4) is 11.3 Å². The predicted octanol–water partition coefficient (Wildman–Crippen LogP) is 2.05. The first-order valence-electron chi connectivity index (χ1n) is 4.80. The average Bonchev–Trinajstić information content (AvgIpc) is 2.17. The van der Waals surface area contributed by atoms with Gasteiger partial charge < -0.3 is 4.98 Å². The summed E-state index contributed by atoms with van der Waals surface area (Å²) in [6.07, 6.45) is 0. The topological polar surface area (TPSA) is 45.8 Å². The van der Waals surface area contributed by atoms with Crippen LogP contribution < -0.4 is 5.69 Å². The van der Waals surface area contributed by atoms with E-state index >= 15 is 0 Å². The first-order chi connectivity index (χ1) is 7.15. The Bertz CT molecular complexity index is 526. The summed E-state index contributed by atoms with van der Waals surface area (Å²) in [6, 6.07) is 9.82. The molecule has 0 saturated heterocycles. The fourth-order valence-corrected chi connectivity index (χ4v) is 1.45. The highest BCUT2D eigenvalue weighted by Gasteiger charge is 2.00. The summed E-state index contributed by atoms with van der Waals surface area (Å²) in [5, 5.41) is 0. The van der Waals surface area contributed by atoms with Gasteiger partial charge in [-0.25, -0.2) is 4.79 Å². The number of nitrogens with one attached hydrogen (secondary N) is 1. The van der Waals surface area contributed by atoms with Crippen LogP contribution in [0.4, 0.5) is 0 Å². The highest BCUT2D eigenvalue weighted by Crippen LogP contribution is 2.16. The molecule has 15 heavy (non-hydrogen) atoms. The number of aromatic amines is 1. The SMILES string of the molecule is Cc1ccc(-c2cc(C)[nH]c(=O)n2)cc1. The van der Waals surface area contributed by atoms with Crippen LogP contribution in [-0.2, 0) is 0 Å². The zero-order chi connectivity index (χ0) is 10.8. The van der Waals surface area contributed by atoms with Gasteiger partial charge in [0.1, 0.15) is 0 Å². The van der Waals surface area contributed by atoms with Gasteiger partial charge in [-0.3, -0.25) is 0 Å². The van der Waals surface area contributed by atoms with Crippen molar-refractivity contribution in [1.82, 2.24) is 9.97 Å². The molecular formula is C12H12N2O. The number of benzene rings is 1. The van der Waals surface area contributed by atoms with Crippen LogP contribution in [0.15, 0.2) is 35.1 Å². The molecule has 0 spiro atoms. The van der Waals surface area contributed by atoms with Crippen molar-refractivity contribution in [3.05, 3.63) is 52.1 Å². The van der Waals surface area contributed by atoms with E-state index in [2.05, 4.69) is 9.97 Å². The van der Waals surface area contributed by atoms with Gasteiger partial charge in [0.25, 0.3) is 0 Å². The number of hydrogen-bond donors (Lipinski definition) is 1. The molecule has 0 radical (unpaired) electrons. The first kappa shape index (κ1) is 9.65. The fraction of sp³-hybridized carbons (Fsp3) is 0.167. The van der Waals surface area contributed by atoms with E-state index in [1.54, 1.807) is 0 Å². The molecule has 76 valence electrons. The molecule has 0 aliphatic heterocycles. The molecule has 0 unspecified atom stereocenters. The lowest BCUT2D eigenvalue weighted by atomic mass is 10.1. The Morgan fingerprint density at radius 2 is 1.80 bits per heavy atom. The quantitative estimate of drug-likeness (QED) is 0.765. The average molecular weight is 200 g/mol. The Morgan fingerprint density at radius 1 is 1.13 bits per heavy atom. The largest absolute Gasteiger partial charge is 0.345 e. The van der Waals surface area contributed by atoms with Crippen molar-refractivity contribution in [3.63, 3.8) is 0 Å². The van der Waals surface area contributed by atoms with Gasteiger partial charge in [0, 0.05) is 11.3 Å². The molecule has 1 heterocycles. The Morgan fingerprint density at radius 3 is 2.40 bits per heavy atom. The van der Waals surface area contributed by atoms with E-state index < -0.39 is 0 Å². The number of H-pyrrole nitrogens is 1. The summed E-state index contributed by atoms with van der Waals surface area (Å²) in [7, 11) is 0. The molecule has 0 amide bonds. The number of rotatable bonds is 1. The molecule has 0 fully saturated rings. The number of aryl methyl sites for hydroxylation is 2. The van der Waals surface area contributed by atoms with Crippen molar-refractivity contribution >= 4 is 0 Å². The third-order valence-corrected chi connectivity index (χ3v) is 2.23. The molecular weight excluding hydrogens is 188 g/mol. The minimum atomic E-state index is -0.300. The summed E-state index contributed by atoms with van der Waals surface area (Å²) in [4.78, 5) is 17.7. The molecule has 3 heteroatoms. The van der Waals surface area contributed by atoms with Gasteiger partial charge in [-0.1, -0.05) is 29.8 Å². The van der Waals surface area contributed by atoms with E-state index in [4.69, 9.17) is 0 Å². The Balaban J connectivity index is 2.54. The summed E-state index contributed by atoms with van der Waals surface area (Å²) in [5.74, 6) is 0. The molecule has 1 aromatic heterocycles. The summed E-state index contributed by atoms with van der Waals surface area (Å²) < 4.78 is 0. The third-order valence-electron chi connectivity index (χ3n) is 2.23. The first-order valence-corrected chi connectivity index (χ1v) is 4.80. The normalized spacial score (nSPS) is 10.3. The van der Waals surface area contributed by atoms with Crippen molar-refractivity contribution in [2.75, 3.05) is 0 Å². The van der Waals surface area contributed by atoms with Crippen LogP contribution in [0.5, 0.6) is 0 Å². The van der Waals surface area contributed by atoms with Gasteiger partial charge in [0.15, 0.2) is 0 Å². The molecule has 3 nitrogen and oxygen atoms in total. The van der Waals surface area contributed by atoms with E-state index in [9.17, 15) is 4.79 Å². The van der Waals surface area contributed by atoms with E-state index in [0.29, 0.717) is 0 Å². The molecule has 0 saturated carbocycles. The van der Waals surface area contributed by atoms with Gasteiger partial charge in [-0.2, -0.15) is 4.98 Å². The van der Waals surface area contributed by atoms with Crippen LogP contribution in [0.3, 0.4) is 0 Å². The molecule has 0 aliphatic rings. The van der Waals surface area contributed by atoms with Crippen LogP contribution in [0.25, 0.3) is 11.3 Å². The standard InChI is InChI=1S/C12H12N2O/c1-8-3-5-10(6-4-8)11-7-9(2)13-12(15)14-11/h3-7H,1-2H3,(H,13,14,15). The minimum Gasteiger partial charge on any atom is -0.310 e. The van der Waals surface area contributed by atoms with Crippen molar-refractivity contribution < 1.29 is 0 Å². The molecule has 1 aromatic carbocycles. The van der Waals surface area contributed by atoms with Gasteiger partial charge in [-0.05, 0) is 19.9 Å². The highest BCUT2D eigenvalue weighted by molar-refractivity contribution is 5.59.